The number of nitrogens with two attached hydrogens (primary N) is 1. The van der Waals surface area contributed by atoms with E-state index in [4.69, 9.17) is 43.6 Å². The van der Waals surface area contributed by atoms with Crippen LogP contribution in [0.15, 0.2) is 0 Å². The van der Waals surface area contributed by atoms with Crippen molar-refractivity contribution in [2.75, 3.05) is 26.4 Å². The van der Waals surface area contributed by atoms with E-state index >= 15 is 0 Å². The molecule has 4 saturated heterocycles. The summed E-state index contributed by atoms with van der Waals surface area (Å²) in [5.41, 5.74) is 5.49. The van der Waals surface area contributed by atoms with Gasteiger partial charge in [0, 0.05) is 20.5 Å². The Hall–Kier alpha value is 0.980. The number of rotatable bonds is 22. The van der Waals surface area contributed by atoms with Gasteiger partial charge in [0.25, 0.3) is 0 Å². The Morgan fingerprint density at radius 2 is 0.944 bits per heavy atom. The Bertz CT molecular complexity index is 1920. The molecule has 0 unspecified atom stereocenters. The fraction of sp³-hybridized carbons (Fsp3) is 0.879. The van der Waals surface area contributed by atoms with Crippen molar-refractivity contribution in [3.63, 3.8) is 0 Å². The first kappa shape index (κ1) is 72.0. The van der Waals surface area contributed by atoms with E-state index < -0.39 is 180 Å². The van der Waals surface area contributed by atoms with Gasteiger partial charge in [0.2, 0.25) is 32.6 Å². The molecule has 0 aromatic heterocycles. The normalized spacial score (nSPS) is 37.4. The summed E-state index contributed by atoms with van der Waals surface area (Å²) in [6.45, 7) is -0.518. The molecule has 388 valence electrons. The first-order valence-corrected chi connectivity index (χ1v) is 22.6. The van der Waals surface area contributed by atoms with Crippen molar-refractivity contribution >= 4 is 44.6 Å². The second-order valence-corrected chi connectivity index (χ2v) is 17.5. The summed E-state index contributed by atoms with van der Waals surface area (Å²) in [6, 6.07) is -3.64. The summed E-state index contributed by atoms with van der Waals surface area (Å²) in [5.74, 6) is -6.21. The van der Waals surface area contributed by atoms with Gasteiger partial charge < -0.3 is 119 Å². The number of carboxylic acid groups (broad SMARTS) is 2. The molecule has 20 atom stereocenters. The van der Waals surface area contributed by atoms with Crippen molar-refractivity contribution in [1.29, 1.82) is 0 Å². The van der Waals surface area contributed by atoms with Crippen LogP contribution in [0.25, 0.3) is 0 Å². The molecule has 0 saturated carbocycles. The number of nitrogens with one attached hydrogen (secondary N) is 2. The van der Waals surface area contributed by atoms with Gasteiger partial charge in [-0.2, -0.15) is 0 Å². The first-order chi connectivity index (χ1) is 31.1. The zero-order chi connectivity index (χ0) is 50.3. The van der Waals surface area contributed by atoms with Crippen LogP contribution in [-0.4, -0.2) is 235 Å². The SMILES string of the molecule is CC(=O)N[C@H]1[C@@H](O[C@H]2[C@H](O)[C@@H](O)[C@H](O[C@H]3[C@H](O)[C@@H](NC(C)=O)[C@@H](OCCCCCN)O[C@@H]3COS(=O)(=O)[O-])O[C@H]2C(=O)[O-])O[C@H](COS(=O)(=O)[O-])[C@@H](O[C@@H]2O[C@@H](C(=O)[O-])[C@@H](O)[C@H](O)[C@H]2O)[C@@H]1O.[Na+].[Na+].[Na+].[Na+]. The van der Waals surface area contributed by atoms with Crippen molar-refractivity contribution < 1.29 is 256 Å². The van der Waals surface area contributed by atoms with E-state index in [0.29, 0.717) is 25.8 Å². The molecule has 32 nitrogen and oxygen atoms in total. The smallest absolute Gasteiger partial charge is 0.726 e. The third-order valence-electron chi connectivity index (χ3n) is 10.4. The quantitative estimate of drug-likeness (QED) is 0.0208. The van der Waals surface area contributed by atoms with Crippen LogP contribution in [0.5, 0.6) is 0 Å². The third kappa shape index (κ3) is 20.6. The fourth-order valence-electron chi connectivity index (χ4n) is 7.31. The molecule has 0 aliphatic carbocycles. The standard InChI is InChI=1S/C33H55N3O29S2.4Na/c1-10(37)35-14-16(39)23(12(8-57-66(50,51)52)59-30(14)56-7-5-3-4-6-34)62-33-22(45)20(43)25(27(65-33)29(48)49)63-31-15(36-11(2)38)17(40)24(13(60-31)9-58-67(53,54)55)61-32-21(44)18(41)19(42)26(64-32)28(46)47;;;;/h12-27,30-33,39-45H,3-9,34H2,1-2H3,(H,35,37)(H,36,38)(H,46,47)(H,48,49)(H,50,51,52)(H,53,54,55);;;;/q;4*+1/p-4/t12-,13-,14-,15-,16-,17-,18+,19+,20-,21-,22-,23-,24-,25+,26-,27-,30+,31-,32-,33-;;;;/m1..../s1. The Kier molecular flexibility index (Phi) is 32.6. The molecule has 0 aromatic rings. The van der Waals surface area contributed by atoms with E-state index in [0.717, 1.165) is 13.8 Å². The van der Waals surface area contributed by atoms with Gasteiger partial charge in [-0.05, 0) is 25.8 Å². The molecule has 71 heavy (non-hydrogen) atoms. The van der Waals surface area contributed by atoms with Gasteiger partial charge in [0.05, 0.1) is 25.2 Å². The molecule has 11 N–H and O–H groups in total. The monoisotopic (exact) mass is 1110 g/mol. The number of carbonyl (C=O) groups is 4. The van der Waals surface area contributed by atoms with Gasteiger partial charge >= 0.3 is 118 Å². The van der Waals surface area contributed by atoms with E-state index in [1.165, 1.54) is 0 Å². The zero-order valence-electron chi connectivity index (χ0n) is 39.0. The molecule has 0 radical (unpaired) electrons. The molecule has 4 aliphatic rings. The summed E-state index contributed by atoms with van der Waals surface area (Å²) in [4.78, 5) is 48.7. The van der Waals surface area contributed by atoms with Gasteiger partial charge in [0.1, 0.15) is 97.5 Å². The molecule has 2 amide bonds. The van der Waals surface area contributed by atoms with Crippen molar-refractivity contribution in [1.82, 2.24) is 10.6 Å². The molecule has 0 bridgehead atoms. The summed E-state index contributed by atoms with van der Waals surface area (Å²) in [6.07, 6.45) is -39.4. The minimum Gasteiger partial charge on any atom is -0.726 e. The Morgan fingerprint density at radius 1 is 0.535 bits per heavy atom. The zero-order valence-corrected chi connectivity index (χ0v) is 48.6. The average Bonchev–Trinajstić information content (AvgIpc) is 3.22. The van der Waals surface area contributed by atoms with Crippen LogP contribution in [0.3, 0.4) is 0 Å². The van der Waals surface area contributed by atoms with E-state index in [2.05, 4.69) is 19.0 Å². The molecule has 4 heterocycles. The molecule has 4 rings (SSSR count). The molecule has 4 aliphatic heterocycles. The second kappa shape index (κ2) is 32.2. The number of hydrogen-bond donors (Lipinski definition) is 10. The first-order valence-electron chi connectivity index (χ1n) is 20.0. The number of carbonyl (C=O) groups excluding carboxylic acids is 4. The Labute approximate surface area is 493 Å². The number of aliphatic hydroxyl groups excluding tert-OH is 7. The van der Waals surface area contributed by atoms with Crippen LogP contribution in [0.1, 0.15) is 33.1 Å². The molecule has 4 fully saturated rings. The molecule has 0 aromatic carbocycles. The maximum absolute atomic E-state index is 12.6. The third-order valence-corrected chi connectivity index (χ3v) is 11.3. The van der Waals surface area contributed by atoms with Crippen LogP contribution in [0.4, 0.5) is 0 Å². The number of hydrogen-bond acceptors (Lipinski definition) is 30. The van der Waals surface area contributed by atoms with E-state index in [1.807, 2.05) is 0 Å². The predicted octanol–water partition coefficient (Wildman–Crippen LogP) is -23.8. The van der Waals surface area contributed by atoms with Crippen molar-refractivity contribution in [3.8, 4) is 0 Å². The van der Waals surface area contributed by atoms with Crippen LogP contribution < -0.4 is 145 Å². The Morgan fingerprint density at radius 3 is 1.37 bits per heavy atom. The number of amides is 2. The van der Waals surface area contributed by atoms with Crippen molar-refractivity contribution in [3.05, 3.63) is 0 Å². The fourth-order valence-corrected chi connectivity index (χ4v) is 7.92. The maximum atomic E-state index is 12.6. The number of carboxylic acids is 2. The number of unbranched alkanes of at least 4 members (excludes halogenated alkanes) is 2. The Balaban J connectivity index is 0.0000122. The van der Waals surface area contributed by atoms with Crippen LogP contribution in [-0.2, 0) is 86.2 Å². The molecule has 0 spiro atoms. The second-order valence-electron chi connectivity index (χ2n) is 15.4. The number of aliphatic carboxylic acids is 2. The topological polar surface area (TPSA) is 513 Å². The van der Waals surface area contributed by atoms with E-state index in [-0.39, 0.29) is 125 Å². The number of aliphatic hydroxyl groups is 7. The molecular weight excluding hydrogens is 1060 g/mol. The van der Waals surface area contributed by atoms with Crippen LogP contribution >= 0.6 is 0 Å². The summed E-state index contributed by atoms with van der Waals surface area (Å²) < 4.78 is 121. The molecule has 38 heteroatoms. The minimum atomic E-state index is -5.64. The van der Waals surface area contributed by atoms with Gasteiger partial charge in [-0.3, -0.25) is 18.0 Å². The average molecular weight is 1110 g/mol. The summed E-state index contributed by atoms with van der Waals surface area (Å²) in [5, 5.41) is 105. The van der Waals surface area contributed by atoms with Crippen molar-refractivity contribution in [2.24, 2.45) is 5.73 Å². The van der Waals surface area contributed by atoms with Crippen LogP contribution in [0, 0.1) is 0 Å². The van der Waals surface area contributed by atoms with Gasteiger partial charge in [-0.1, -0.05) is 0 Å². The van der Waals surface area contributed by atoms with Crippen LogP contribution in [0.2, 0.25) is 0 Å². The molecular formula is C33H51N3Na4O29S2. The largest absolute Gasteiger partial charge is 1.00 e. The van der Waals surface area contributed by atoms with Gasteiger partial charge in [0.15, 0.2) is 25.2 Å². The summed E-state index contributed by atoms with van der Waals surface area (Å²) in [7, 11) is -11.1. The van der Waals surface area contributed by atoms with Gasteiger partial charge in [-0.25, -0.2) is 16.8 Å². The van der Waals surface area contributed by atoms with Crippen molar-refractivity contribution in [2.45, 2.75) is 156 Å². The van der Waals surface area contributed by atoms with E-state index in [9.17, 15) is 91.1 Å². The van der Waals surface area contributed by atoms with Gasteiger partial charge in [-0.15, -0.1) is 0 Å². The summed E-state index contributed by atoms with van der Waals surface area (Å²) >= 11 is 0. The minimum absolute atomic E-state index is 0. The predicted molar refractivity (Wildman–Crippen MR) is 197 cm³/mol. The number of ether oxygens (including phenoxy) is 8. The van der Waals surface area contributed by atoms with E-state index in [1.54, 1.807) is 0 Å². The maximum Gasteiger partial charge on any atom is 1.00 e.